The summed E-state index contributed by atoms with van der Waals surface area (Å²) in [4.78, 5) is 12.2. The van der Waals surface area contributed by atoms with E-state index in [1.54, 1.807) is 0 Å². The molecule has 0 radical (unpaired) electrons. The van der Waals surface area contributed by atoms with Gasteiger partial charge in [-0.25, -0.2) is 0 Å². The van der Waals surface area contributed by atoms with Crippen LogP contribution < -0.4 is 0 Å². The predicted molar refractivity (Wildman–Crippen MR) is 56.1 cm³/mol. The van der Waals surface area contributed by atoms with Crippen LogP contribution >= 0.6 is 0 Å². The molecule has 0 aliphatic carbocycles. The molecule has 2 aromatic rings. The minimum Gasteiger partial charge on any atom is -0.471 e. The van der Waals surface area contributed by atoms with Crippen molar-refractivity contribution in [3.8, 4) is 0 Å². The van der Waals surface area contributed by atoms with E-state index in [0.717, 1.165) is 0 Å². The standard InChI is InChI=1S/C9H9N.C2H4O2/c1-7-6-8-4-2-3-5-9(8)10-7;1-4-2-3/h2-6,10H,1H3;2H,1H3. The molecule has 74 valence electrons. The minimum atomic E-state index is 0.375. The highest BCUT2D eigenvalue weighted by molar-refractivity contribution is 5.79. The van der Waals surface area contributed by atoms with Gasteiger partial charge in [-0.05, 0) is 24.4 Å². The Morgan fingerprint density at radius 3 is 2.57 bits per heavy atom. The quantitative estimate of drug-likeness (QED) is 0.702. The van der Waals surface area contributed by atoms with Gasteiger partial charge in [0.1, 0.15) is 0 Å². The van der Waals surface area contributed by atoms with Crippen LogP contribution in [0.4, 0.5) is 0 Å². The highest BCUT2D eigenvalue weighted by Gasteiger charge is 1.92. The van der Waals surface area contributed by atoms with Crippen molar-refractivity contribution in [3.05, 3.63) is 36.0 Å². The molecule has 0 bridgehead atoms. The average Bonchev–Trinajstić information content (AvgIpc) is 2.58. The van der Waals surface area contributed by atoms with E-state index < -0.39 is 0 Å². The van der Waals surface area contributed by atoms with Crippen LogP contribution in [0.1, 0.15) is 5.69 Å². The van der Waals surface area contributed by atoms with Crippen molar-refractivity contribution in [1.29, 1.82) is 0 Å². The summed E-state index contributed by atoms with van der Waals surface area (Å²) in [5.74, 6) is 0. The number of carbonyl (C=O) groups excluding carboxylic acids is 1. The molecule has 0 saturated carbocycles. The Balaban J connectivity index is 0.000000213. The van der Waals surface area contributed by atoms with Crippen LogP contribution in [0.2, 0.25) is 0 Å². The SMILES string of the molecule is COC=O.Cc1cc2ccccc2[nH]1. The fraction of sp³-hybridized carbons (Fsp3) is 0.182. The summed E-state index contributed by atoms with van der Waals surface area (Å²) >= 11 is 0. The number of hydrogen-bond donors (Lipinski definition) is 1. The number of nitrogens with one attached hydrogen (secondary N) is 1. The molecule has 2 rings (SSSR count). The molecule has 0 saturated heterocycles. The first-order valence-corrected chi connectivity index (χ1v) is 4.28. The summed E-state index contributed by atoms with van der Waals surface area (Å²) < 4.78 is 3.86. The van der Waals surface area contributed by atoms with E-state index in [2.05, 4.69) is 40.9 Å². The lowest BCUT2D eigenvalue weighted by Crippen LogP contribution is -1.68. The van der Waals surface area contributed by atoms with Crippen LogP contribution in [0.3, 0.4) is 0 Å². The fourth-order valence-electron chi connectivity index (χ4n) is 1.22. The Kier molecular flexibility index (Phi) is 3.73. The van der Waals surface area contributed by atoms with Gasteiger partial charge >= 0.3 is 0 Å². The maximum absolute atomic E-state index is 8.95. The number of hydrogen-bond acceptors (Lipinski definition) is 2. The molecule has 0 amide bonds. The number of aromatic nitrogens is 1. The third-order valence-corrected chi connectivity index (χ3v) is 1.76. The van der Waals surface area contributed by atoms with Crippen molar-refractivity contribution in [2.75, 3.05) is 7.11 Å². The third-order valence-electron chi connectivity index (χ3n) is 1.76. The maximum atomic E-state index is 8.95. The van der Waals surface area contributed by atoms with Crippen LogP contribution in [0.15, 0.2) is 30.3 Å². The Morgan fingerprint density at radius 1 is 1.36 bits per heavy atom. The highest BCUT2D eigenvalue weighted by atomic mass is 16.5. The first kappa shape index (κ1) is 10.3. The van der Waals surface area contributed by atoms with E-state index >= 15 is 0 Å². The minimum absolute atomic E-state index is 0.375. The Bertz CT molecular complexity index is 373. The van der Waals surface area contributed by atoms with Crippen LogP contribution in [-0.2, 0) is 9.53 Å². The zero-order valence-corrected chi connectivity index (χ0v) is 8.28. The molecule has 0 fully saturated rings. The van der Waals surface area contributed by atoms with Gasteiger partial charge in [-0.3, -0.25) is 4.79 Å². The Morgan fingerprint density at radius 2 is 2.00 bits per heavy atom. The van der Waals surface area contributed by atoms with Crippen molar-refractivity contribution < 1.29 is 9.53 Å². The predicted octanol–water partition coefficient (Wildman–Crippen LogP) is 2.27. The van der Waals surface area contributed by atoms with Gasteiger partial charge in [-0.1, -0.05) is 18.2 Å². The second-order valence-corrected chi connectivity index (χ2v) is 2.87. The molecule has 0 spiro atoms. The van der Waals surface area contributed by atoms with Crippen molar-refractivity contribution in [1.82, 2.24) is 4.98 Å². The average molecular weight is 191 g/mol. The summed E-state index contributed by atoms with van der Waals surface area (Å²) in [5, 5.41) is 1.29. The highest BCUT2D eigenvalue weighted by Crippen LogP contribution is 2.12. The van der Waals surface area contributed by atoms with E-state index in [-0.39, 0.29) is 0 Å². The zero-order chi connectivity index (χ0) is 10.4. The molecule has 1 heterocycles. The number of rotatable bonds is 1. The first-order valence-electron chi connectivity index (χ1n) is 4.28. The zero-order valence-electron chi connectivity index (χ0n) is 8.28. The number of aryl methyl sites for hydroxylation is 1. The van der Waals surface area contributed by atoms with Crippen molar-refractivity contribution >= 4 is 17.4 Å². The molecular formula is C11H13NO2. The fourth-order valence-corrected chi connectivity index (χ4v) is 1.22. The topological polar surface area (TPSA) is 42.1 Å². The second-order valence-electron chi connectivity index (χ2n) is 2.87. The number of para-hydroxylation sites is 1. The molecule has 0 aliphatic rings. The van der Waals surface area contributed by atoms with Gasteiger partial charge in [0.05, 0.1) is 7.11 Å². The lowest BCUT2D eigenvalue weighted by atomic mass is 10.2. The summed E-state index contributed by atoms with van der Waals surface area (Å²) in [6.07, 6.45) is 0. The number of H-pyrrole nitrogens is 1. The maximum Gasteiger partial charge on any atom is 0.292 e. The molecule has 3 nitrogen and oxygen atoms in total. The molecule has 0 unspecified atom stereocenters. The van der Waals surface area contributed by atoms with Crippen LogP contribution in [0.5, 0.6) is 0 Å². The summed E-state index contributed by atoms with van der Waals surface area (Å²) in [5.41, 5.74) is 2.45. The van der Waals surface area contributed by atoms with Gasteiger partial charge in [0, 0.05) is 11.2 Å². The number of aromatic amines is 1. The van der Waals surface area contributed by atoms with Gasteiger partial charge < -0.3 is 9.72 Å². The molecule has 1 N–H and O–H groups in total. The number of carbonyl (C=O) groups is 1. The Hall–Kier alpha value is -1.77. The molecule has 1 aromatic heterocycles. The molecule has 3 heteroatoms. The van der Waals surface area contributed by atoms with Crippen molar-refractivity contribution in [2.24, 2.45) is 0 Å². The van der Waals surface area contributed by atoms with E-state index in [4.69, 9.17) is 4.79 Å². The van der Waals surface area contributed by atoms with Gasteiger partial charge in [0.25, 0.3) is 6.47 Å². The van der Waals surface area contributed by atoms with Crippen LogP contribution in [0.25, 0.3) is 10.9 Å². The number of methoxy groups -OCH3 is 1. The second kappa shape index (κ2) is 5.07. The van der Waals surface area contributed by atoms with Gasteiger partial charge in [-0.15, -0.1) is 0 Å². The lowest BCUT2D eigenvalue weighted by molar-refractivity contribution is -0.126. The van der Waals surface area contributed by atoms with Crippen molar-refractivity contribution in [2.45, 2.75) is 6.92 Å². The van der Waals surface area contributed by atoms with E-state index in [1.165, 1.54) is 23.7 Å². The third kappa shape index (κ3) is 2.62. The Labute approximate surface area is 82.7 Å². The van der Waals surface area contributed by atoms with Crippen LogP contribution in [0, 0.1) is 6.92 Å². The first-order chi connectivity index (χ1) is 6.77. The van der Waals surface area contributed by atoms with Gasteiger partial charge in [0.2, 0.25) is 0 Å². The van der Waals surface area contributed by atoms with Crippen LogP contribution in [-0.4, -0.2) is 18.6 Å². The summed E-state index contributed by atoms with van der Waals surface area (Å²) in [6.45, 7) is 2.44. The largest absolute Gasteiger partial charge is 0.471 e. The summed E-state index contributed by atoms with van der Waals surface area (Å²) in [7, 11) is 1.31. The summed E-state index contributed by atoms with van der Waals surface area (Å²) in [6, 6.07) is 10.4. The van der Waals surface area contributed by atoms with E-state index in [0.29, 0.717) is 6.47 Å². The molecule has 0 aliphatic heterocycles. The number of ether oxygens (including phenoxy) is 1. The molecule has 14 heavy (non-hydrogen) atoms. The van der Waals surface area contributed by atoms with Gasteiger partial charge in [0.15, 0.2) is 0 Å². The number of fused-ring (bicyclic) bond motifs is 1. The molecule has 1 aromatic carbocycles. The van der Waals surface area contributed by atoms with E-state index in [9.17, 15) is 0 Å². The smallest absolute Gasteiger partial charge is 0.292 e. The normalized spacial score (nSPS) is 9.00. The number of benzene rings is 1. The monoisotopic (exact) mass is 191 g/mol. The molecule has 0 atom stereocenters. The lowest BCUT2D eigenvalue weighted by Gasteiger charge is -1.83. The molecular weight excluding hydrogens is 178 g/mol. The van der Waals surface area contributed by atoms with Gasteiger partial charge in [-0.2, -0.15) is 0 Å². The van der Waals surface area contributed by atoms with E-state index in [1.807, 2.05) is 6.07 Å². The van der Waals surface area contributed by atoms with Crippen molar-refractivity contribution in [3.63, 3.8) is 0 Å².